The van der Waals surface area contributed by atoms with E-state index in [-0.39, 0.29) is 11.6 Å². The summed E-state index contributed by atoms with van der Waals surface area (Å²) in [6, 6.07) is 17.2. The van der Waals surface area contributed by atoms with Crippen LogP contribution < -0.4 is 14.8 Å². The lowest BCUT2D eigenvalue weighted by molar-refractivity contribution is 0.101. The van der Waals surface area contributed by atoms with Gasteiger partial charge in [-0.25, -0.2) is 9.67 Å². The van der Waals surface area contributed by atoms with Gasteiger partial charge >= 0.3 is 0 Å². The molecule has 7 nitrogen and oxygen atoms in total. The molecule has 4 aromatic rings. The second-order valence-corrected chi connectivity index (χ2v) is 7.64. The Morgan fingerprint density at radius 1 is 1.03 bits per heavy atom. The zero-order valence-electron chi connectivity index (χ0n) is 16.7. The Morgan fingerprint density at radius 3 is 2.43 bits per heavy atom. The summed E-state index contributed by atoms with van der Waals surface area (Å²) < 4.78 is 12.2. The number of carbonyl (C=O) groups excluding carboxylic acids is 1. The van der Waals surface area contributed by atoms with Gasteiger partial charge in [0.1, 0.15) is 5.75 Å². The minimum atomic E-state index is -0.378. The molecule has 0 unspecified atom stereocenters. The second kappa shape index (κ2) is 8.38. The molecule has 0 aliphatic carbocycles. The number of ether oxygens (including phenoxy) is 2. The molecule has 8 heteroatoms. The number of aryl methyl sites for hydroxylation is 1. The van der Waals surface area contributed by atoms with Crippen molar-refractivity contribution < 1.29 is 14.3 Å². The third-order valence-corrected chi connectivity index (χ3v) is 5.40. The Morgan fingerprint density at radius 2 is 1.77 bits per heavy atom. The number of carbonyl (C=O) groups is 1. The van der Waals surface area contributed by atoms with E-state index in [0.717, 1.165) is 27.6 Å². The van der Waals surface area contributed by atoms with Crippen LogP contribution in [0.1, 0.15) is 15.4 Å². The number of nitrogens with zero attached hydrogens (tertiary/aromatic N) is 3. The van der Waals surface area contributed by atoms with Crippen molar-refractivity contribution in [3.63, 3.8) is 0 Å². The molecule has 0 spiro atoms. The fourth-order valence-corrected chi connectivity index (χ4v) is 3.83. The van der Waals surface area contributed by atoms with Crippen LogP contribution in [0.15, 0.2) is 60.8 Å². The van der Waals surface area contributed by atoms with Gasteiger partial charge in [-0.05, 0) is 43.3 Å². The molecule has 0 fully saturated rings. The molecule has 152 valence electrons. The topological polar surface area (TPSA) is 78.3 Å². The highest BCUT2D eigenvalue weighted by molar-refractivity contribution is 7.16. The molecule has 0 radical (unpaired) electrons. The third kappa shape index (κ3) is 3.90. The molecular formula is C22H20N4O3S. The standard InChI is InChI=1S/C22H20N4O3S/c1-14-19(15-9-11-17(28-2)12-10-15)23-22(30-14)24-21(27)20-18(29-3)13-26(25-20)16-7-5-4-6-8-16/h4-13H,1-3H3,(H,23,24,27). The van der Waals surface area contributed by atoms with E-state index in [1.54, 1.807) is 18.0 Å². The van der Waals surface area contributed by atoms with Gasteiger partial charge in [-0.2, -0.15) is 5.10 Å². The number of anilines is 1. The molecule has 0 aliphatic rings. The number of hydrogen-bond donors (Lipinski definition) is 1. The summed E-state index contributed by atoms with van der Waals surface area (Å²) in [5.74, 6) is 0.790. The third-order valence-electron chi connectivity index (χ3n) is 4.52. The Bertz CT molecular complexity index is 1170. The molecule has 0 saturated heterocycles. The number of para-hydroxylation sites is 1. The lowest BCUT2D eigenvalue weighted by Crippen LogP contribution is -2.14. The van der Waals surface area contributed by atoms with E-state index in [9.17, 15) is 4.79 Å². The number of rotatable bonds is 6. The second-order valence-electron chi connectivity index (χ2n) is 6.43. The molecular weight excluding hydrogens is 400 g/mol. The summed E-state index contributed by atoms with van der Waals surface area (Å²) in [6.45, 7) is 1.97. The number of methoxy groups -OCH3 is 2. The van der Waals surface area contributed by atoms with Crippen molar-refractivity contribution in [3.05, 3.63) is 71.4 Å². The zero-order chi connectivity index (χ0) is 21.1. The fraction of sp³-hybridized carbons (Fsp3) is 0.136. The molecule has 2 heterocycles. The highest BCUT2D eigenvalue weighted by Crippen LogP contribution is 2.32. The van der Waals surface area contributed by atoms with Gasteiger partial charge in [0.05, 0.1) is 31.8 Å². The van der Waals surface area contributed by atoms with Gasteiger partial charge in [0, 0.05) is 10.4 Å². The van der Waals surface area contributed by atoms with Gasteiger partial charge in [0.2, 0.25) is 0 Å². The van der Waals surface area contributed by atoms with Crippen LogP contribution in [0.3, 0.4) is 0 Å². The molecule has 0 aliphatic heterocycles. The van der Waals surface area contributed by atoms with E-state index in [2.05, 4.69) is 15.4 Å². The lowest BCUT2D eigenvalue weighted by Gasteiger charge is -2.02. The van der Waals surface area contributed by atoms with Crippen LogP contribution in [-0.4, -0.2) is 34.9 Å². The maximum atomic E-state index is 12.9. The normalized spacial score (nSPS) is 10.6. The van der Waals surface area contributed by atoms with Gasteiger partial charge in [0.15, 0.2) is 16.6 Å². The number of nitrogens with one attached hydrogen (secondary N) is 1. The first-order chi connectivity index (χ1) is 14.6. The molecule has 1 N–H and O–H groups in total. The van der Waals surface area contributed by atoms with E-state index in [4.69, 9.17) is 9.47 Å². The summed E-state index contributed by atoms with van der Waals surface area (Å²) in [5.41, 5.74) is 2.80. The predicted molar refractivity (Wildman–Crippen MR) is 117 cm³/mol. The van der Waals surface area contributed by atoms with Crippen molar-refractivity contribution >= 4 is 22.4 Å². The molecule has 1 amide bonds. The van der Waals surface area contributed by atoms with Crippen molar-refractivity contribution in [3.8, 4) is 28.4 Å². The Kier molecular flexibility index (Phi) is 5.49. The average Bonchev–Trinajstić information content (AvgIpc) is 3.38. The van der Waals surface area contributed by atoms with Crippen LogP contribution in [0.25, 0.3) is 16.9 Å². The van der Waals surface area contributed by atoms with Crippen LogP contribution in [0.4, 0.5) is 5.13 Å². The number of aromatic nitrogens is 3. The summed E-state index contributed by atoms with van der Waals surface area (Å²) in [6.07, 6.45) is 1.68. The van der Waals surface area contributed by atoms with Crippen molar-refractivity contribution in [2.45, 2.75) is 6.92 Å². The van der Waals surface area contributed by atoms with Gasteiger partial charge in [0.25, 0.3) is 5.91 Å². The van der Waals surface area contributed by atoms with Gasteiger partial charge in [-0.15, -0.1) is 11.3 Å². The first-order valence-corrected chi connectivity index (χ1v) is 10.0. The molecule has 0 bridgehead atoms. The van der Waals surface area contributed by atoms with Crippen molar-refractivity contribution in [2.24, 2.45) is 0 Å². The molecule has 2 aromatic heterocycles. The van der Waals surface area contributed by atoms with E-state index in [0.29, 0.717) is 10.9 Å². The minimum Gasteiger partial charge on any atom is -0.497 e. The van der Waals surface area contributed by atoms with E-state index in [1.807, 2.05) is 61.5 Å². The van der Waals surface area contributed by atoms with E-state index >= 15 is 0 Å². The van der Waals surface area contributed by atoms with Crippen molar-refractivity contribution in [1.82, 2.24) is 14.8 Å². The van der Waals surface area contributed by atoms with Crippen LogP contribution in [0.2, 0.25) is 0 Å². The molecule has 2 aromatic carbocycles. The summed E-state index contributed by atoms with van der Waals surface area (Å²) in [5, 5.41) is 7.74. The Labute approximate surface area is 177 Å². The minimum absolute atomic E-state index is 0.195. The maximum Gasteiger partial charge on any atom is 0.281 e. The molecule has 30 heavy (non-hydrogen) atoms. The Hall–Kier alpha value is -3.65. The smallest absolute Gasteiger partial charge is 0.281 e. The molecule has 4 rings (SSSR count). The average molecular weight is 420 g/mol. The van der Waals surface area contributed by atoms with Gasteiger partial charge in [-0.1, -0.05) is 18.2 Å². The number of benzene rings is 2. The number of hydrogen-bond acceptors (Lipinski definition) is 6. The monoisotopic (exact) mass is 420 g/mol. The summed E-state index contributed by atoms with van der Waals surface area (Å²) in [4.78, 5) is 18.5. The zero-order valence-corrected chi connectivity index (χ0v) is 17.6. The predicted octanol–water partition coefficient (Wildman–Crippen LogP) is 4.57. The van der Waals surface area contributed by atoms with Crippen LogP contribution in [-0.2, 0) is 0 Å². The largest absolute Gasteiger partial charge is 0.497 e. The van der Waals surface area contributed by atoms with Gasteiger partial charge < -0.3 is 9.47 Å². The quantitative estimate of drug-likeness (QED) is 0.494. The Balaban J connectivity index is 1.58. The molecule has 0 saturated carbocycles. The number of thiazole rings is 1. The van der Waals surface area contributed by atoms with Gasteiger partial charge in [-0.3, -0.25) is 10.1 Å². The van der Waals surface area contributed by atoms with Crippen molar-refractivity contribution in [2.75, 3.05) is 19.5 Å². The first-order valence-electron chi connectivity index (χ1n) is 9.21. The fourth-order valence-electron chi connectivity index (χ4n) is 3.00. The summed E-state index contributed by atoms with van der Waals surface area (Å²) >= 11 is 1.41. The summed E-state index contributed by atoms with van der Waals surface area (Å²) in [7, 11) is 3.14. The van der Waals surface area contributed by atoms with Crippen molar-refractivity contribution in [1.29, 1.82) is 0 Å². The highest BCUT2D eigenvalue weighted by atomic mass is 32.1. The lowest BCUT2D eigenvalue weighted by atomic mass is 10.1. The number of amides is 1. The van der Waals surface area contributed by atoms with E-state index in [1.165, 1.54) is 18.4 Å². The van der Waals surface area contributed by atoms with E-state index < -0.39 is 0 Å². The first kappa shape index (κ1) is 19.7. The van der Waals surface area contributed by atoms with Crippen LogP contribution in [0.5, 0.6) is 11.5 Å². The van der Waals surface area contributed by atoms with Crippen LogP contribution >= 0.6 is 11.3 Å². The maximum absolute atomic E-state index is 12.9. The molecule has 0 atom stereocenters. The SMILES string of the molecule is COc1ccc(-c2nc(NC(=O)c3nn(-c4ccccc4)cc3OC)sc2C)cc1. The van der Waals surface area contributed by atoms with Crippen LogP contribution in [0, 0.1) is 6.92 Å². The highest BCUT2D eigenvalue weighted by Gasteiger charge is 2.20.